The predicted octanol–water partition coefficient (Wildman–Crippen LogP) is 2.91. The average molecular weight is 309 g/mol. The first-order valence-electron chi connectivity index (χ1n) is 5.29. The van der Waals surface area contributed by atoms with Crippen molar-refractivity contribution >= 4 is 21.8 Å². The van der Waals surface area contributed by atoms with E-state index in [2.05, 4.69) is 26.2 Å². The van der Waals surface area contributed by atoms with Gasteiger partial charge < -0.3 is 5.32 Å². The Labute approximate surface area is 112 Å². The van der Waals surface area contributed by atoms with Gasteiger partial charge in [0.2, 0.25) is 0 Å². The molecule has 0 aliphatic carbocycles. The molecule has 0 bridgehead atoms. The number of nitrogens with zero attached hydrogens (tertiary/aromatic N) is 1. The van der Waals surface area contributed by atoms with Gasteiger partial charge in [-0.1, -0.05) is 28.1 Å². The van der Waals surface area contributed by atoms with E-state index in [4.69, 9.17) is 0 Å². The molecular formula is C13H10BrFN2O. The molecule has 1 heterocycles. The van der Waals surface area contributed by atoms with Crippen molar-refractivity contribution in [2.24, 2.45) is 0 Å². The van der Waals surface area contributed by atoms with Gasteiger partial charge in [-0.2, -0.15) is 0 Å². The summed E-state index contributed by atoms with van der Waals surface area (Å²) in [4.78, 5) is 15.3. The molecule has 1 N–H and O–H groups in total. The molecule has 2 aromatic rings. The van der Waals surface area contributed by atoms with Crippen LogP contribution < -0.4 is 5.32 Å². The van der Waals surface area contributed by atoms with E-state index in [0.717, 1.165) is 16.2 Å². The van der Waals surface area contributed by atoms with E-state index < -0.39 is 11.7 Å². The molecule has 5 heteroatoms. The van der Waals surface area contributed by atoms with E-state index in [1.54, 1.807) is 0 Å². The van der Waals surface area contributed by atoms with Crippen LogP contribution in [0.2, 0.25) is 0 Å². The van der Waals surface area contributed by atoms with E-state index >= 15 is 0 Å². The highest BCUT2D eigenvalue weighted by molar-refractivity contribution is 9.10. The summed E-state index contributed by atoms with van der Waals surface area (Å²) in [7, 11) is 0. The van der Waals surface area contributed by atoms with Crippen molar-refractivity contribution in [1.82, 2.24) is 10.3 Å². The number of hydrogen-bond acceptors (Lipinski definition) is 2. The minimum atomic E-state index is -0.620. The van der Waals surface area contributed by atoms with Crippen LogP contribution >= 0.6 is 15.9 Å². The lowest BCUT2D eigenvalue weighted by Crippen LogP contribution is -2.23. The van der Waals surface area contributed by atoms with E-state index in [0.29, 0.717) is 6.54 Å². The average Bonchev–Trinajstić information content (AvgIpc) is 2.38. The lowest BCUT2D eigenvalue weighted by atomic mass is 10.2. The number of carbonyl (C=O) groups is 1. The largest absolute Gasteiger partial charge is 0.348 e. The summed E-state index contributed by atoms with van der Waals surface area (Å²) in [5.41, 5.74) is 0.947. The van der Waals surface area contributed by atoms with Crippen molar-refractivity contribution < 1.29 is 9.18 Å². The number of aromatic nitrogens is 1. The minimum Gasteiger partial charge on any atom is -0.348 e. The van der Waals surface area contributed by atoms with Crippen LogP contribution in [0, 0.1) is 5.82 Å². The molecule has 1 amide bonds. The van der Waals surface area contributed by atoms with Gasteiger partial charge in [0.15, 0.2) is 5.82 Å². The number of halogens is 2. The van der Waals surface area contributed by atoms with E-state index in [-0.39, 0.29) is 5.56 Å². The molecule has 2 rings (SSSR count). The Kier molecular flexibility index (Phi) is 4.04. The highest BCUT2D eigenvalue weighted by Gasteiger charge is 2.10. The summed E-state index contributed by atoms with van der Waals surface area (Å²) in [5.74, 6) is -1.07. The monoisotopic (exact) mass is 308 g/mol. The Bertz CT molecular complexity index is 557. The summed E-state index contributed by atoms with van der Waals surface area (Å²) in [6, 6.07) is 8.88. The van der Waals surface area contributed by atoms with Gasteiger partial charge in [-0.05, 0) is 23.8 Å². The zero-order chi connectivity index (χ0) is 13.0. The number of nitrogens with one attached hydrogen (secondary N) is 1. The number of benzene rings is 1. The molecule has 0 radical (unpaired) electrons. The standard InChI is InChI=1S/C13H10BrFN2O/c14-10-3-1-9(2-4-10)7-17-13(18)11-5-6-16-8-12(11)15/h1-6,8H,7H2,(H,17,18). The zero-order valence-electron chi connectivity index (χ0n) is 9.36. The van der Waals surface area contributed by atoms with E-state index in [1.807, 2.05) is 24.3 Å². The molecule has 92 valence electrons. The van der Waals surface area contributed by atoms with Crippen LogP contribution in [0.1, 0.15) is 15.9 Å². The Hall–Kier alpha value is -1.75. The first-order chi connectivity index (χ1) is 8.66. The normalized spacial score (nSPS) is 10.1. The minimum absolute atomic E-state index is 0.00196. The van der Waals surface area contributed by atoms with Crippen molar-refractivity contribution in [3.05, 3.63) is 64.1 Å². The summed E-state index contributed by atoms with van der Waals surface area (Å²) in [6.45, 7) is 0.355. The molecule has 0 saturated heterocycles. The first kappa shape index (κ1) is 12.7. The fourth-order valence-corrected chi connectivity index (χ4v) is 1.70. The Morgan fingerprint density at radius 1 is 1.28 bits per heavy atom. The molecule has 1 aromatic carbocycles. The maximum atomic E-state index is 13.3. The highest BCUT2D eigenvalue weighted by Crippen LogP contribution is 2.10. The summed E-state index contributed by atoms with van der Waals surface area (Å²) >= 11 is 3.33. The fourth-order valence-electron chi connectivity index (χ4n) is 1.44. The molecule has 0 fully saturated rings. The lowest BCUT2D eigenvalue weighted by molar-refractivity contribution is 0.0946. The lowest BCUT2D eigenvalue weighted by Gasteiger charge is -2.06. The van der Waals surface area contributed by atoms with Crippen molar-refractivity contribution in [2.45, 2.75) is 6.54 Å². The van der Waals surface area contributed by atoms with Crippen molar-refractivity contribution in [2.75, 3.05) is 0 Å². The van der Waals surface area contributed by atoms with Gasteiger partial charge in [0, 0.05) is 17.2 Å². The van der Waals surface area contributed by atoms with E-state index in [9.17, 15) is 9.18 Å². The molecule has 18 heavy (non-hydrogen) atoms. The first-order valence-corrected chi connectivity index (χ1v) is 6.08. The van der Waals surface area contributed by atoms with Gasteiger partial charge in [0.1, 0.15) is 0 Å². The zero-order valence-corrected chi connectivity index (χ0v) is 10.9. The van der Waals surface area contributed by atoms with Crippen LogP contribution in [0.3, 0.4) is 0 Å². The molecule has 0 aliphatic rings. The maximum absolute atomic E-state index is 13.3. The maximum Gasteiger partial charge on any atom is 0.254 e. The molecule has 0 unspecified atom stereocenters. The third-order valence-electron chi connectivity index (χ3n) is 2.38. The third-order valence-corrected chi connectivity index (χ3v) is 2.91. The second-order valence-corrected chi connectivity index (χ2v) is 4.58. The third kappa shape index (κ3) is 3.13. The Balaban J connectivity index is 2.01. The van der Waals surface area contributed by atoms with Crippen molar-refractivity contribution in [1.29, 1.82) is 0 Å². The molecular weight excluding hydrogens is 299 g/mol. The topological polar surface area (TPSA) is 42.0 Å². The van der Waals surface area contributed by atoms with Crippen LogP contribution in [-0.2, 0) is 6.54 Å². The smallest absolute Gasteiger partial charge is 0.254 e. The van der Waals surface area contributed by atoms with Gasteiger partial charge in [0.05, 0.1) is 11.8 Å². The van der Waals surface area contributed by atoms with Gasteiger partial charge in [-0.15, -0.1) is 0 Å². The molecule has 3 nitrogen and oxygen atoms in total. The van der Waals surface area contributed by atoms with Gasteiger partial charge >= 0.3 is 0 Å². The molecule has 1 aromatic heterocycles. The highest BCUT2D eigenvalue weighted by atomic mass is 79.9. The second-order valence-electron chi connectivity index (χ2n) is 3.66. The SMILES string of the molecule is O=C(NCc1ccc(Br)cc1)c1ccncc1F. The number of carbonyl (C=O) groups excluding carboxylic acids is 1. The number of amides is 1. The van der Waals surface area contributed by atoms with Crippen LogP contribution in [0.5, 0.6) is 0 Å². The van der Waals surface area contributed by atoms with Crippen LogP contribution in [0.4, 0.5) is 4.39 Å². The Morgan fingerprint density at radius 3 is 2.67 bits per heavy atom. The van der Waals surface area contributed by atoms with Gasteiger partial charge in [-0.3, -0.25) is 9.78 Å². The van der Waals surface area contributed by atoms with Crippen molar-refractivity contribution in [3.63, 3.8) is 0 Å². The molecule has 0 aliphatic heterocycles. The van der Waals surface area contributed by atoms with Crippen molar-refractivity contribution in [3.8, 4) is 0 Å². The summed E-state index contributed by atoms with van der Waals surface area (Å²) in [6.07, 6.45) is 2.41. The van der Waals surface area contributed by atoms with Crippen LogP contribution in [-0.4, -0.2) is 10.9 Å². The van der Waals surface area contributed by atoms with Crippen LogP contribution in [0.15, 0.2) is 47.2 Å². The fraction of sp³-hybridized carbons (Fsp3) is 0.0769. The molecule has 0 spiro atoms. The van der Waals surface area contributed by atoms with Crippen LogP contribution in [0.25, 0.3) is 0 Å². The number of pyridine rings is 1. The van der Waals surface area contributed by atoms with Gasteiger partial charge in [-0.25, -0.2) is 4.39 Å². The molecule has 0 saturated carbocycles. The quantitative estimate of drug-likeness (QED) is 0.947. The summed E-state index contributed by atoms with van der Waals surface area (Å²) < 4.78 is 14.3. The second kappa shape index (κ2) is 5.73. The Morgan fingerprint density at radius 2 is 2.00 bits per heavy atom. The predicted molar refractivity (Wildman–Crippen MR) is 69.5 cm³/mol. The van der Waals surface area contributed by atoms with Gasteiger partial charge in [0.25, 0.3) is 5.91 Å². The number of hydrogen-bond donors (Lipinski definition) is 1. The number of rotatable bonds is 3. The van der Waals surface area contributed by atoms with E-state index in [1.165, 1.54) is 12.3 Å². The summed E-state index contributed by atoms with van der Waals surface area (Å²) in [5, 5.41) is 2.65. The molecule has 0 atom stereocenters.